The number of hydrogen-bond donors (Lipinski definition) is 1. The maximum Gasteiger partial charge on any atom is 0.173 e. The number of aliphatic hydroxyl groups is 1. The molecule has 0 heterocycles. The second-order valence-electron chi connectivity index (χ2n) is 3.29. The maximum atomic E-state index is 11.4. The van der Waals surface area contributed by atoms with Gasteiger partial charge in [-0.25, -0.2) is 0 Å². The van der Waals surface area contributed by atoms with Crippen LogP contribution in [0.5, 0.6) is 0 Å². The third-order valence-electron chi connectivity index (χ3n) is 2.21. The molecule has 2 nitrogen and oxygen atoms in total. The van der Waals surface area contributed by atoms with Crippen LogP contribution in [-0.4, -0.2) is 10.9 Å². The molecule has 0 radical (unpaired) electrons. The van der Waals surface area contributed by atoms with Gasteiger partial charge in [0.2, 0.25) is 0 Å². The minimum Gasteiger partial charge on any atom is -0.373 e. The van der Waals surface area contributed by atoms with E-state index >= 15 is 0 Å². The summed E-state index contributed by atoms with van der Waals surface area (Å²) in [6.45, 7) is 3.14. The molecule has 0 aliphatic heterocycles. The predicted molar refractivity (Wildman–Crippen MR) is 59.3 cm³/mol. The van der Waals surface area contributed by atoms with E-state index in [0.717, 1.165) is 0 Å². The smallest absolute Gasteiger partial charge is 0.173 e. The highest BCUT2D eigenvalue weighted by Crippen LogP contribution is 2.23. The van der Waals surface area contributed by atoms with Crippen molar-refractivity contribution >= 4 is 5.78 Å². The fraction of sp³-hybridized carbons (Fsp3) is 0.231. The number of benzene rings is 1. The highest BCUT2D eigenvalue weighted by atomic mass is 16.3. The van der Waals surface area contributed by atoms with Gasteiger partial charge in [-0.1, -0.05) is 30.3 Å². The normalized spacial score (nSPS) is 13.5. The molecule has 0 aliphatic rings. The number of hydrogen-bond acceptors (Lipinski definition) is 2. The van der Waals surface area contributed by atoms with Gasteiger partial charge in [-0.05, 0) is 25.5 Å². The lowest BCUT2D eigenvalue weighted by atomic mass is 9.90. The summed E-state index contributed by atoms with van der Waals surface area (Å²) in [6, 6.07) is 8.84. The SMILES string of the molecule is CC=C=C[C@@](O)(C(C)=O)c1ccccc1. The molecule has 0 bridgehead atoms. The lowest BCUT2D eigenvalue weighted by Crippen LogP contribution is -2.31. The summed E-state index contributed by atoms with van der Waals surface area (Å²) in [5.74, 6) is -0.317. The van der Waals surface area contributed by atoms with Crippen LogP contribution in [0.2, 0.25) is 0 Å². The Morgan fingerprint density at radius 3 is 2.47 bits per heavy atom. The van der Waals surface area contributed by atoms with Crippen LogP contribution in [0.15, 0.2) is 48.2 Å². The molecule has 1 aromatic rings. The molecule has 0 fully saturated rings. The number of ketones is 1. The summed E-state index contributed by atoms with van der Waals surface area (Å²) in [5.41, 5.74) is 1.75. The zero-order valence-electron chi connectivity index (χ0n) is 8.90. The van der Waals surface area contributed by atoms with Crippen molar-refractivity contribution in [1.29, 1.82) is 0 Å². The minimum absolute atomic E-state index is 0.317. The molecular weight excluding hydrogens is 188 g/mol. The van der Waals surface area contributed by atoms with E-state index in [1.807, 2.05) is 6.07 Å². The summed E-state index contributed by atoms with van der Waals surface area (Å²) < 4.78 is 0. The minimum atomic E-state index is -1.56. The lowest BCUT2D eigenvalue weighted by molar-refractivity contribution is -0.131. The van der Waals surface area contributed by atoms with Crippen molar-refractivity contribution in [3.05, 3.63) is 53.8 Å². The Morgan fingerprint density at radius 2 is 2.00 bits per heavy atom. The van der Waals surface area contributed by atoms with E-state index in [-0.39, 0.29) is 5.78 Å². The molecule has 0 aliphatic carbocycles. The molecule has 1 atom stereocenters. The summed E-state index contributed by atoms with van der Waals surface area (Å²) in [7, 11) is 0. The van der Waals surface area contributed by atoms with Crippen molar-refractivity contribution in [3.8, 4) is 0 Å². The standard InChI is InChI=1S/C13H14O2/c1-3-4-10-13(15,11(2)14)12-8-6-5-7-9-12/h3,5-10,15H,1-2H3/t4?,13-/m1/s1. The molecular formula is C13H14O2. The van der Waals surface area contributed by atoms with E-state index < -0.39 is 5.60 Å². The second kappa shape index (κ2) is 4.74. The Kier molecular flexibility index (Phi) is 3.62. The van der Waals surface area contributed by atoms with E-state index in [4.69, 9.17) is 0 Å². The van der Waals surface area contributed by atoms with E-state index in [0.29, 0.717) is 5.56 Å². The fourth-order valence-corrected chi connectivity index (χ4v) is 1.28. The Hall–Kier alpha value is -1.63. The van der Waals surface area contributed by atoms with Gasteiger partial charge in [0.25, 0.3) is 0 Å². The average Bonchev–Trinajstić information content (AvgIpc) is 2.27. The quantitative estimate of drug-likeness (QED) is 0.763. The van der Waals surface area contributed by atoms with Gasteiger partial charge >= 0.3 is 0 Å². The number of Topliss-reactive ketones (excluding diaryl/α,β-unsaturated/α-hetero) is 1. The molecule has 15 heavy (non-hydrogen) atoms. The predicted octanol–water partition coefficient (Wildman–Crippen LogP) is 2.19. The van der Waals surface area contributed by atoms with Crippen LogP contribution in [0, 0.1) is 0 Å². The van der Waals surface area contributed by atoms with Gasteiger partial charge in [-0.15, -0.1) is 5.73 Å². The van der Waals surface area contributed by atoms with Crippen molar-refractivity contribution in [1.82, 2.24) is 0 Å². The van der Waals surface area contributed by atoms with E-state index in [1.165, 1.54) is 13.0 Å². The van der Waals surface area contributed by atoms with E-state index in [2.05, 4.69) is 5.73 Å². The lowest BCUT2D eigenvalue weighted by Gasteiger charge is -2.20. The van der Waals surface area contributed by atoms with Crippen LogP contribution >= 0.6 is 0 Å². The Bertz CT molecular complexity index is 400. The molecule has 0 saturated heterocycles. The van der Waals surface area contributed by atoms with Crippen molar-refractivity contribution in [2.75, 3.05) is 0 Å². The summed E-state index contributed by atoms with van der Waals surface area (Å²) in [4.78, 5) is 11.4. The topological polar surface area (TPSA) is 37.3 Å². The van der Waals surface area contributed by atoms with Gasteiger partial charge in [0.1, 0.15) is 0 Å². The van der Waals surface area contributed by atoms with Crippen LogP contribution in [0.1, 0.15) is 19.4 Å². The number of carbonyl (C=O) groups is 1. The highest BCUT2D eigenvalue weighted by Gasteiger charge is 2.31. The molecule has 2 heteroatoms. The van der Waals surface area contributed by atoms with Crippen LogP contribution in [-0.2, 0) is 10.4 Å². The molecule has 1 rings (SSSR count). The first-order valence-electron chi connectivity index (χ1n) is 4.78. The van der Waals surface area contributed by atoms with Gasteiger partial charge in [0.05, 0.1) is 0 Å². The zero-order valence-corrected chi connectivity index (χ0v) is 8.90. The third-order valence-corrected chi connectivity index (χ3v) is 2.21. The molecule has 1 aromatic carbocycles. The molecule has 0 unspecified atom stereocenters. The van der Waals surface area contributed by atoms with Gasteiger partial charge in [0.15, 0.2) is 11.4 Å². The highest BCUT2D eigenvalue weighted by molar-refractivity contribution is 5.88. The average molecular weight is 202 g/mol. The Morgan fingerprint density at radius 1 is 1.40 bits per heavy atom. The van der Waals surface area contributed by atoms with Crippen molar-refractivity contribution in [2.45, 2.75) is 19.4 Å². The van der Waals surface area contributed by atoms with Crippen molar-refractivity contribution < 1.29 is 9.90 Å². The maximum absolute atomic E-state index is 11.4. The van der Waals surface area contributed by atoms with Gasteiger partial charge in [0, 0.05) is 6.08 Å². The Labute approximate surface area is 89.6 Å². The first-order chi connectivity index (χ1) is 7.11. The van der Waals surface area contributed by atoms with Crippen LogP contribution in [0.3, 0.4) is 0 Å². The first-order valence-corrected chi connectivity index (χ1v) is 4.78. The zero-order chi connectivity index (χ0) is 11.3. The van der Waals surface area contributed by atoms with E-state index in [9.17, 15) is 9.90 Å². The van der Waals surface area contributed by atoms with Gasteiger partial charge in [-0.2, -0.15) is 0 Å². The van der Waals surface area contributed by atoms with Gasteiger partial charge < -0.3 is 5.11 Å². The van der Waals surface area contributed by atoms with Crippen LogP contribution in [0.4, 0.5) is 0 Å². The molecule has 0 spiro atoms. The number of rotatable bonds is 3. The first kappa shape index (κ1) is 11.4. The van der Waals surface area contributed by atoms with Crippen LogP contribution in [0.25, 0.3) is 0 Å². The monoisotopic (exact) mass is 202 g/mol. The molecule has 0 aromatic heterocycles. The largest absolute Gasteiger partial charge is 0.373 e. The second-order valence-corrected chi connectivity index (χ2v) is 3.29. The molecule has 78 valence electrons. The third kappa shape index (κ3) is 2.44. The summed E-state index contributed by atoms with van der Waals surface area (Å²) >= 11 is 0. The van der Waals surface area contributed by atoms with Crippen molar-refractivity contribution in [2.24, 2.45) is 0 Å². The molecule has 1 N–H and O–H groups in total. The van der Waals surface area contributed by atoms with E-state index in [1.54, 1.807) is 37.3 Å². The van der Waals surface area contributed by atoms with Crippen molar-refractivity contribution in [3.63, 3.8) is 0 Å². The fourth-order valence-electron chi connectivity index (χ4n) is 1.28. The van der Waals surface area contributed by atoms with Crippen LogP contribution < -0.4 is 0 Å². The molecule has 0 saturated carbocycles. The number of carbonyl (C=O) groups excluding carboxylic acids is 1. The molecule has 0 amide bonds. The summed E-state index contributed by atoms with van der Waals surface area (Å²) in [6.07, 6.45) is 3.03. The Balaban J connectivity index is 3.25. The summed E-state index contributed by atoms with van der Waals surface area (Å²) in [5, 5.41) is 10.2. The van der Waals surface area contributed by atoms with Gasteiger partial charge in [-0.3, -0.25) is 4.79 Å².